The van der Waals surface area contributed by atoms with Crippen molar-refractivity contribution in [3.63, 3.8) is 0 Å². The molecule has 0 bridgehead atoms. The van der Waals surface area contributed by atoms with Gasteiger partial charge in [0.1, 0.15) is 0 Å². The Kier molecular flexibility index (Phi) is 4.53. The van der Waals surface area contributed by atoms with Gasteiger partial charge in [-0.25, -0.2) is 0 Å². The van der Waals surface area contributed by atoms with E-state index in [9.17, 15) is 9.90 Å². The average molecular weight is 300 g/mol. The molecule has 116 valence electrons. The summed E-state index contributed by atoms with van der Waals surface area (Å²) in [5.41, 5.74) is 1.53. The number of nitrogens with one attached hydrogen (secondary N) is 1. The Balaban J connectivity index is 1.59. The normalized spacial score (nSPS) is 21.5. The molecule has 2 atom stereocenters. The van der Waals surface area contributed by atoms with Gasteiger partial charge in [-0.1, -0.05) is 48.3 Å². The monoisotopic (exact) mass is 300 g/mol. The molecule has 2 unspecified atom stereocenters. The molecule has 0 aliphatic heterocycles. The first-order chi connectivity index (χ1) is 10.7. The van der Waals surface area contributed by atoms with E-state index in [2.05, 4.69) is 10.5 Å². The van der Waals surface area contributed by atoms with E-state index in [1.165, 1.54) is 0 Å². The third-order valence-electron chi connectivity index (χ3n) is 4.03. The number of rotatable bonds is 4. The number of hydrogen-bond acceptors (Lipinski definition) is 4. The van der Waals surface area contributed by atoms with Crippen LogP contribution >= 0.6 is 0 Å². The second-order valence-corrected chi connectivity index (χ2v) is 5.75. The van der Waals surface area contributed by atoms with Crippen molar-refractivity contribution in [3.8, 4) is 11.3 Å². The summed E-state index contributed by atoms with van der Waals surface area (Å²) in [5.74, 6) is 0.528. The quantitative estimate of drug-likeness (QED) is 0.908. The molecule has 1 amide bonds. The number of carbonyl (C=O) groups excluding carboxylic acids is 1. The molecular formula is C17H20N2O3. The first-order valence-corrected chi connectivity index (χ1v) is 7.71. The predicted octanol–water partition coefficient (Wildman–Crippen LogP) is 2.30. The van der Waals surface area contributed by atoms with Crippen LogP contribution < -0.4 is 5.32 Å². The molecular weight excluding hydrogens is 280 g/mol. The van der Waals surface area contributed by atoms with Gasteiger partial charge in [0, 0.05) is 11.6 Å². The molecule has 1 fully saturated rings. The summed E-state index contributed by atoms with van der Waals surface area (Å²) in [6.45, 7) is 0. The number of nitrogens with zero attached hydrogens (tertiary/aromatic N) is 1. The smallest absolute Gasteiger partial charge is 0.226 e. The summed E-state index contributed by atoms with van der Waals surface area (Å²) < 4.78 is 5.28. The fourth-order valence-corrected chi connectivity index (χ4v) is 2.84. The highest BCUT2D eigenvalue weighted by Crippen LogP contribution is 2.21. The second kappa shape index (κ2) is 6.75. The van der Waals surface area contributed by atoms with Gasteiger partial charge in [0.2, 0.25) is 5.91 Å². The van der Waals surface area contributed by atoms with Gasteiger partial charge >= 0.3 is 0 Å². The Morgan fingerprint density at radius 3 is 2.82 bits per heavy atom. The molecule has 0 saturated heterocycles. The summed E-state index contributed by atoms with van der Waals surface area (Å²) in [6, 6.07) is 11.3. The Morgan fingerprint density at radius 2 is 2.05 bits per heavy atom. The molecule has 3 rings (SSSR count). The maximum absolute atomic E-state index is 12.1. The van der Waals surface area contributed by atoms with Gasteiger partial charge in [0.15, 0.2) is 5.76 Å². The van der Waals surface area contributed by atoms with Crippen LogP contribution in [-0.4, -0.2) is 28.3 Å². The van der Waals surface area contributed by atoms with Crippen molar-refractivity contribution in [2.45, 2.75) is 44.2 Å². The molecule has 1 aliphatic rings. The molecule has 1 aromatic carbocycles. The first kappa shape index (κ1) is 14.8. The third-order valence-corrected chi connectivity index (χ3v) is 4.03. The van der Waals surface area contributed by atoms with Crippen LogP contribution in [0.3, 0.4) is 0 Å². The Bertz CT molecular complexity index is 624. The molecule has 1 aliphatic carbocycles. The zero-order chi connectivity index (χ0) is 15.4. The zero-order valence-electron chi connectivity index (χ0n) is 12.4. The maximum atomic E-state index is 12.1. The predicted molar refractivity (Wildman–Crippen MR) is 82.0 cm³/mol. The van der Waals surface area contributed by atoms with Crippen molar-refractivity contribution in [2.75, 3.05) is 0 Å². The van der Waals surface area contributed by atoms with E-state index in [0.29, 0.717) is 11.5 Å². The fraction of sp³-hybridized carbons (Fsp3) is 0.412. The van der Waals surface area contributed by atoms with Crippen molar-refractivity contribution in [1.29, 1.82) is 0 Å². The molecule has 1 heterocycles. The third kappa shape index (κ3) is 3.54. The number of aromatic nitrogens is 1. The van der Waals surface area contributed by atoms with Gasteiger partial charge in [-0.05, 0) is 12.8 Å². The highest BCUT2D eigenvalue weighted by atomic mass is 16.5. The largest absolute Gasteiger partial charge is 0.391 e. The zero-order valence-corrected chi connectivity index (χ0v) is 12.4. The van der Waals surface area contributed by atoms with E-state index >= 15 is 0 Å². The van der Waals surface area contributed by atoms with Crippen LogP contribution in [0.1, 0.15) is 31.4 Å². The summed E-state index contributed by atoms with van der Waals surface area (Å²) in [4.78, 5) is 12.1. The van der Waals surface area contributed by atoms with Crippen molar-refractivity contribution < 1.29 is 14.4 Å². The molecule has 5 heteroatoms. The molecule has 2 aromatic rings. The van der Waals surface area contributed by atoms with E-state index in [1.807, 2.05) is 30.3 Å². The van der Waals surface area contributed by atoms with E-state index in [1.54, 1.807) is 6.07 Å². The molecule has 22 heavy (non-hydrogen) atoms. The minimum absolute atomic E-state index is 0.126. The topological polar surface area (TPSA) is 75.4 Å². The van der Waals surface area contributed by atoms with Crippen molar-refractivity contribution in [2.24, 2.45) is 0 Å². The lowest BCUT2D eigenvalue weighted by atomic mass is 9.92. The number of benzene rings is 1. The van der Waals surface area contributed by atoms with Crippen molar-refractivity contribution >= 4 is 5.91 Å². The van der Waals surface area contributed by atoms with Crippen LogP contribution in [0.2, 0.25) is 0 Å². The van der Waals surface area contributed by atoms with Crippen LogP contribution in [0.15, 0.2) is 40.9 Å². The minimum Gasteiger partial charge on any atom is -0.391 e. The second-order valence-electron chi connectivity index (χ2n) is 5.75. The summed E-state index contributed by atoms with van der Waals surface area (Å²) in [5, 5.41) is 16.7. The van der Waals surface area contributed by atoms with Crippen molar-refractivity contribution in [3.05, 3.63) is 42.1 Å². The Hall–Kier alpha value is -2.14. The Morgan fingerprint density at radius 1 is 1.27 bits per heavy atom. The maximum Gasteiger partial charge on any atom is 0.226 e. The lowest BCUT2D eigenvalue weighted by molar-refractivity contribution is -0.122. The first-order valence-electron chi connectivity index (χ1n) is 7.71. The molecule has 1 saturated carbocycles. The average Bonchev–Trinajstić information content (AvgIpc) is 2.99. The van der Waals surface area contributed by atoms with Gasteiger partial charge in [0.25, 0.3) is 0 Å². The SMILES string of the molecule is O=C(Cc1cc(-c2ccccc2)on1)NC1CCCCC1O. The molecule has 0 radical (unpaired) electrons. The Labute approximate surface area is 129 Å². The lowest BCUT2D eigenvalue weighted by Gasteiger charge is -2.28. The van der Waals surface area contributed by atoms with E-state index in [0.717, 1.165) is 31.2 Å². The molecule has 2 N–H and O–H groups in total. The van der Waals surface area contributed by atoms with E-state index < -0.39 is 6.10 Å². The number of amides is 1. The fourth-order valence-electron chi connectivity index (χ4n) is 2.84. The summed E-state index contributed by atoms with van der Waals surface area (Å²) in [6.07, 6.45) is 3.39. The highest BCUT2D eigenvalue weighted by Gasteiger charge is 2.24. The molecule has 5 nitrogen and oxygen atoms in total. The molecule has 0 spiro atoms. The van der Waals surface area contributed by atoms with Crippen LogP contribution in [0.5, 0.6) is 0 Å². The standard InChI is InChI=1S/C17H20N2O3/c20-15-9-5-4-8-14(15)18-17(21)11-13-10-16(22-19-13)12-6-2-1-3-7-12/h1-3,6-7,10,14-15,20H,4-5,8-9,11H2,(H,18,21). The van der Waals surface area contributed by atoms with Gasteiger partial charge in [-0.2, -0.15) is 0 Å². The number of hydrogen-bond donors (Lipinski definition) is 2. The van der Waals surface area contributed by atoms with Crippen LogP contribution in [0.25, 0.3) is 11.3 Å². The lowest BCUT2D eigenvalue weighted by Crippen LogP contribution is -2.45. The number of carbonyl (C=O) groups is 1. The van der Waals surface area contributed by atoms with Crippen LogP contribution in [0.4, 0.5) is 0 Å². The number of aliphatic hydroxyl groups is 1. The molecule has 1 aromatic heterocycles. The number of aliphatic hydroxyl groups excluding tert-OH is 1. The van der Waals surface area contributed by atoms with Gasteiger partial charge in [0.05, 0.1) is 24.3 Å². The van der Waals surface area contributed by atoms with Gasteiger partial charge in [-0.15, -0.1) is 0 Å². The minimum atomic E-state index is -0.435. The van der Waals surface area contributed by atoms with E-state index in [4.69, 9.17) is 4.52 Å². The van der Waals surface area contributed by atoms with E-state index in [-0.39, 0.29) is 18.4 Å². The highest BCUT2D eigenvalue weighted by molar-refractivity contribution is 5.78. The van der Waals surface area contributed by atoms with Crippen LogP contribution in [0, 0.1) is 0 Å². The summed E-state index contributed by atoms with van der Waals surface area (Å²) >= 11 is 0. The summed E-state index contributed by atoms with van der Waals surface area (Å²) in [7, 11) is 0. The van der Waals surface area contributed by atoms with Crippen LogP contribution in [-0.2, 0) is 11.2 Å². The van der Waals surface area contributed by atoms with Gasteiger partial charge in [-0.3, -0.25) is 4.79 Å². The van der Waals surface area contributed by atoms with Crippen molar-refractivity contribution in [1.82, 2.24) is 10.5 Å². The van der Waals surface area contributed by atoms with Gasteiger partial charge < -0.3 is 14.9 Å².